The van der Waals surface area contributed by atoms with Gasteiger partial charge in [-0.15, -0.1) is 0 Å². The van der Waals surface area contributed by atoms with Crippen molar-refractivity contribution in [2.45, 2.75) is 13.3 Å². The van der Waals surface area contributed by atoms with Gasteiger partial charge in [0.15, 0.2) is 0 Å². The van der Waals surface area contributed by atoms with Crippen molar-refractivity contribution in [1.29, 1.82) is 0 Å². The van der Waals surface area contributed by atoms with E-state index in [0.29, 0.717) is 0 Å². The van der Waals surface area contributed by atoms with Crippen molar-refractivity contribution in [2.24, 2.45) is 0 Å². The van der Waals surface area contributed by atoms with Crippen molar-refractivity contribution in [3.8, 4) is 0 Å². The van der Waals surface area contributed by atoms with Gasteiger partial charge in [-0.25, -0.2) is 0 Å². The van der Waals surface area contributed by atoms with Crippen molar-refractivity contribution in [3.63, 3.8) is 0 Å². The van der Waals surface area contributed by atoms with Gasteiger partial charge in [-0.05, 0) is 0 Å². The predicted octanol–water partition coefficient (Wildman–Crippen LogP) is 2.47. The fraction of sp³-hybridized carbons (Fsp3) is 0.200. The van der Waals surface area contributed by atoms with Crippen LogP contribution in [-0.2, 0) is 25.8 Å². The third-order valence-electron chi connectivity index (χ3n) is 1.88. The van der Waals surface area contributed by atoms with Gasteiger partial charge in [-0.1, -0.05) is 0 Å². The molecule has 2 nitrogen and oxygen atoms in total. The van der Waals surface area contributed by atoms with E-state index in [-0.39, 0.29) is 0 Å². The van der Waals surface area contributed by atoms with Crippen molar-refractivity contribution >= 4 is 10.9 Å². The number of rotatable bonds is 1. The van der Waals surface area contributed by atoms with Gasteiger partial charge in [-0.2, -0.15) is 0 Å². The standard InChI is InChI=1S/C10H9NO.W/c1-2-10-11-9-6-4-3-5-8(9)7-12-10;/h3-6H,2H2,1H3;. The third kappa shape index (κ3) is 1.64. The van der Waals surface area contributed by atoms with E-state index in [2.05, 4.69) is 11.9 Å². The Kier molecular flexibility index (Phi) is 2.41. The van der Waals surface area contributed by atoms with Crippen LogP contribution in [0.4, 0.5) is 0 Å². The van der Waals surface area contributed by atoms with Crippen molar-refractivity contribution in [3.05, 3.63) is 33.9 Å². The van der Waals surface area contributed by atoms with Crippen LogP contribution in [0.5, 0.6) is 0 Å². The number of hydrogen-bond donors (Lipinski definition) is 0. The predicted molar refractivity (Wildman–Crippen MR) is 46.6 cm³/mol. The number of hydrogen-bond acceptors (Lipinski definition) is 2. The molecule has 0 aliphatic heterocycles. The Morgan fingerprint density at radius 2 is 2.15 bits per heavy atom. The summed E-state index contributed by atoms with van der Waals surface area (Å²) < 4.78 is 6.60. The maximum atomic E-state index is 5.57. The molecule has 1 heterocycles. The van der Waals surface area contributed by atoms with Crippen LogP contribution in [0, 0.1) is 3.74 Å². The Labute approximate surface area is 87.0 Å². The Balaban J connectivity index is 2.85. The zero-order valence-electron chi connectivity index (χ0n) is 7.28. The van der Waals surface area contributed by atoms with Crippen LogP contribution in [0.2, 0.25) is 0 Å². The van der Waals surface area contributed by atoms with E-state index in [4.69, 9.17) is 4.42 Å². The number of aryl methyl sites for hydroxylation is 1. The Morgan fingerprint density at radius 3 is 2.92 bits per heavy atom. The first-order valence-electron chi connectivity index (χ1n) is 4.20. The van der Waals surface area contributed by atoms with E-state index in [1.165, 1.54) is 19.4 Å². The fourth-order valence-electron chi connectivity index (χ4n) is 1.21. The summed E-state index contributed by atoms with van der Waals surface area (Å²) in [4.78, 5) is 4.40. The van der Waals surface area contributed by atoms with Crippen LogP contribution < -0.4 is 0 Å². The summed E-state index contributed by atoms with van der Waals surface area (Å²) in [5, 5.41) is 1.13. The van der Waals surface area contributed by atoms with Gasteiger partial charge in [0, 0.05) is 0 Å². The molecule has 13 heavy (non-hydrogen) atoms. The van der Waals surface area contributed by atoms with Gasteiger partial charge >= 0.3 is 86.9 Å². The quantitative estimate of drug-likeness (QED) is 0.795. The Morgan fingerprint density at radius 1 is 1.38 bits per heavy atom. The SMILES string of the molecule is CCc1nc2ccccc2[c](=[W])o1. The van der Waals surface area contributed by atoms with Gasteiger partial charge in [0.2, 0.25) is 0 Å². The summed E-state index contributed by atoms with van der Waals surface area (Å²) in [7, 11) is 0. The van der Waals surface area contributed by atoms with Crippen molar-refractivity contribution < 1.29 is 23.8 Å². The molecule has 3 heteroatoms. The minimum atomic E-state index is 0.823. The molecule has 0 unspecified atom stereocenters. The van der Waals surface area contributed by atoms with Crippen LogP contribution in [0.1, 0.15) is 12.8 Å². The summed E-state index contributed by atoms with van der Waals surface area (Å²) in [5.41, 5.74) is 1.04. The number of fused-ring (bicyclic) bond motifs is 1. The van der Waals surface area contributed by atoms with E-state index in [9.17, 15) is 0 Å². The molecule has 1 aromatic heterocycles. The fourth-order valence-corrected chi connectivity index (χ4v) is 2.18. The normalized spacial score (nSPS) is 10.5. The molecule has 0 aliphatic carbocycles. The van der Waals surface area contributed by atoms with Crippen LogP contribution >= 0.6 is 0 Å². The average Bonchev–Trinajstić information content (AvgIpc) is 2.18. The van der Waals surface area contributed by atoms with E-state index >= 15 is 0 Å². The molecule has 0 atom stereocenters. The van der Waals surface area contributed by atoms with Gasteiger partial charge in [0.05, 0.1) is 0 Å². The topological polar surface area (TPSA) is 26.0 Å². The molecule has 1 aromatic carbocycles. The first kappa shape index (κ1) is 8.83. The summed E-state index contributed by atoms with van der Waals surface area (Å²) in [5.74, 6) is 0.823. The molecule has 0 spiro atoms. The van der Waals surface area contributed by atoms with Crippen LogP contribution in [0.25, 0.3) is 10.9 Å². The molecule has 66 valence electrons. The summed E-state index contributed by atoms with van der Waals surface area (Å²) in [6.07, 6.45) is 0.852. The van der Waals surface area contributed by atoms with E-state index in [1.54, 1.807) is 0 Å². The molecule has 0 amide bonds. The first-order chi connectivity index (χ1) is 6.31. The molecular weight excluding hydrogens is 334 g/mol. The zero-order valence-corrected chi connectivity index (χ0v) is 10.2. The van der Waals surface area contributed by atoms with Gasteiger partial charge in [0.1, 0.15) is 0 Å². The molecule has 0 radical (unpaired) electrons. The molecule has 2 rings (SSSR count). The number of aromatic nitrogens is 1. The van der Waals surface area contributed by atoms with Crippen molar-refractivity contribution in [1.82, 2.24) is 4.98 Å². The van der Waals surface area contributed by atoms with E-state index in [1.807, 2.05) is 24.3 Å². The number of benzene rings is 1. The van der Waals surface area contributed by atoms with Crippen LogP contribution in [-0.4, -0.2) is 4.98 Å². The Hall–Kier alpha value is -0.752. The number of para-hydroxylation sites is 1. The zero-order chi connectivity index (χ0) is 9.26. The molecule has 0 saturated heterocycles. The van der Waals surface area contributed by atoms with E-state index < -0.39 is 0 Å². The minimum absolute atomic E-state index is 0.823. The average molecular weight is 343 g/mol. The monoisotopic (exact) mass is 343 g/mol. The second-order valence-corrected chi connectivity index (χ2v) is 4.10. The molecular formula is C10H9NOW. The summed E-state index contributed by atoms with van der Waals surface area (Å²) in [6.45, 7) is 2.05. The molecule has 0 bridgehead atoms. The number of nitrogens with zero attached hydrogens (tertiary/aromatic N) is 1. The van der Waals surface area contributed by atoms with Gasteiger partial charge in [0.25, 0.3) is 0 Å². The van der Waals surface area contributed by atoms with Gasteiger partial charge in [-0.3, -0.25) is 0 Å². The molecule has 2 aromatic rings. The second-order valence-electron chi connectivity index (χ2n) is 2.77. The van der Waals surface area contributed by atoms with Crippen LogP contribution in [0.3, 0.4) is 0 Å². The second kappa shape index (κ2) is 3.55. The van der Waals surface area contributed by atoms with Gasteiger partial charge < -0.3 is 0 Å². The maximum absolute atomic E-state index is 5.57. The summed E-state index contributed by atoms with van der Waals surface area (Å²) >= 11 is 1.35. The molecule has 0 fully saturated rings. The molecule has 0 saturated carbocycles. The molecule has 0 N–H and O–H groups in total. The summed E-state index contributed by atoms with van der Waals surface area (Å²) in [6, 6.07) is 8.09. The first-order valence-corrected chi connectivity index (χ1v) is 5.66. The molecule has 0 aliphatic rings. The third-order valence-corrected chi connectivity index (χ3v) is 2.97. The Bertz CT molecular complexity index is 489. The van der Waals surface area contributed by atoms with E-state index in [0.717, 1.165) is 27.0 Å². The van der Waals surface area contributed by atoms with Crippen LogP contribution in [0.15, 0.2) is 28.7 Å². The van der Waals surface area contributed by atoms with Crippen molar-refractivity contribution in [2.75, 3.05) is 0 Å².